The van der Waals surface area contributed by atoms with Crippen LogP contribution in [0.2, 0.25) is 0 Å². The zero-order chi connectivity index (χ0) is 62.4. The lowest BCUT2D eigenvalue weighted by molar-refractivity contribution is -0.249. The maximum Gasteiger partial charge on any atom is 0.405 e. The molecule has 24 heteroatoms. The first-order valence-electron chi connectivity index (χ1n) is 28.1. The van der Waals surface area contributed by atoms with E-state index in [1.54, 1.807) is 26.0 Å². The Hall–Kier alpha value is -7.42. The van der Waals surface area contributed by atoms with Crippen LogP contribution >= 0.6 is 0 Å². The number of methoxy groups -OCH3 is 3. The van der Waals surface area contributed by atoms with Gasteiger partial charge in [-0.15, -0.1) is 0 Å². The normalized spacial score (nSPS) is 28.4. The van der Waals surface area contributed by atoms with E-state index in [1.807, 2.05) is 6.92 Å². The molecule has 6 unspecified atom stereocenters. The average molecular weight is 1190 g/mol. The van der Waals surface area contributed by atoms with Gasteiger partial charge in [0, 0.05) is 86.3 Å². The monoisotopic (exact) mass is 1180 g/mol. The maximum atomic E-state index is 14.2. The second kappa shape index (κ2) is 27.7. The number of allylic oxidation sites excluding steroid dienone is 4. The summed E-state index contributed by atoms with van der Waals surface area (Å²) in [6.07, 6.45) is -2.58. The first-order chi connectivity index (χ1) is 40.3. The standard InChI is InChI=1S/C61H76N4O20/c1-28-20-34-50(38(67)23-36(53(34)72)65-59(77)29(2)14-12-17-40(81-7)58(85-60(62)78)31(4)22-30(3)51(70)41(21-28)82-8)63-19-11-9-10-18-44(69)64-37-24-45(83-32(5)52(37)71)84-42-26-61(79,43(68)27-66)25-35-47(42)57(76)49-48(55(35)74)54(73)33-15-13-16-39(80-6)46(33)56(49)75/h12-17,22-23,28,30,32,37,40-42,45,51-52,58,63,66,70-71,74,76,79H,9-11,18-21,24-27H2,1-8H3,(H2,62,78)(H,64,69)(H,65,77)/t28?,30?,32-,37-,40?,41?,42-,45-,51?,52+,58?,61-/m1/s1. The van der Waals surface area contributed by atoms with E-state index in [1.165, 1.54) is 65.5 Å². The van der Waals surface area contributed by atoms with Crippen LogP contribution in [0.15, 0.2) is 76.7 Å². The predicted molar refractivity (Wildman–Crippen MR) is 302 cm³/mol. The summed E-state index contributed by atoms with van der Waals surface area (Å²) in [4.78, 5) is 108. The van der Waals surface area contributed by atoms with Gasteiger partial charge in [0.05, 0.1) is 65.7 Å². The van der Waals surface area contributed by atoms with Gasteiger partial charge in [-0.3, -0.25) is 33.6 Å². The third-order valence-corrected chi connectivity index (χ3v) is 16.3. The second-order valence-electron chi connectivity index (χ2n) is 22.3. The third-order valence-electron chi connectivity index (χ3n) is 16.3. The summed E-state index contributed by atoms with van der Waals surface area (Å²) in [6.45, 7) is 7.38. The Morgan fingerprint density at radius 2 is 1.61 bits per heavy atom. The second-order valence-corrected chi connectivity index (χ2v) is 22.3. The minimum atomic E-state index is -2.40. The lowest BCUT2D eigenvalue weighted by atomic mass is 9.72. The Morgan fingerprint density at radius 1 is 0.894 bits per heavy atom. The Labute approximate surface area is 491 Å². The molecular weight excluding hydrogens is 1110 g/mol. The Bertz CT molecular complexity index is 3140. The van der Waals surface area contributed by atoms with E-state index in [4.69, 9.17) is 34.2 Å². The minimum Gasteiger partial charge on any atom is -0.507 e. The number of fused-ring (bicyclic) bond motifs is 5. The number of carbonyl (C=O) groups is 8. The van der Waals surface area contributed by atoms with Gasteiger partial charge in [-0.05, 0) is 64.0 Å². The molecule has 85 heavy (non-hydrogen) atoms. The SMILES string of the molecule is COc1cccc2c1C(=O)c1c(O)c3c(c(O)c1C2=O)C[C@](O)(C(=O)CO)C[C@H]3O[C@@H]1C[C@@H](NC(=O)CCCCCNC2=C3CC(C)CC(OC)C(O)C(C)C=C(C)C(OC(N)=O)C(OC)C=CC=C(C)C(=O)NC(=CC2=O)C3=O)[C@@H](O)[C@@H](C)O1. The van der Waals surface area contributed by atoms with Crippen LogP contribution in [0.4, 0.5) is 4.79 Å². The molecule has 7 rings (SSSR count). The number of carbonyl (C=O) groups excluding carboxylic acids is 8. The van der Waals surface area contributed by atoms with Gasteiger partial charge >= 0.3 is 6.09 Å². The Morgan fingerprint density at radius 3 is 2.28 bits per heavy atom. The number of Topliss-reactive ketones (excluding diaryl/α,β-unsaturated/α-hetero) is 2. The number of amides is 3. The van der Waals surface area contributed by atoms with Crippen molar-refractivity contribution >= 4 is 46.8 Å². The number of rotatable bonds is 16. The molecule has 1 fully saturated rings. The molecule has 2 aromatic carbocycles. The number of hydrogen-bond donors (Lipinski definition) is 10. The van der Waals surface area contributed by atoms with Crippen molar-refractivity contribution in [3.63, 3.8) is 0 Å². The quantitative estimate of drug-likeness (QED) is 0.0426. The van der Waals surface area contributed by atoms with E-state index < -0.39 is 155 Å². The molecule has 5 aliphatic rings. The van der Waals surface area contributed by atoms with Crippen molar-refractivity contribution in [2.45, 2.75) is 153 Å². The highest BCUT2D eigenvalue weighted by Gasteiger charge is 2.51. The molecule has 0 saturated carbocycles. The number of primary amides is 1. The smallest absolute Gasteiger partial charge is 0.405 e. The van der Waals surface area contributed by atoms with Gasteiger partial charge in [-0.2, -0.15) is 0 Å². The molecule has 0 radical (unpaired) electrons. The fraction of sp³-hybridized carbons (Fsp3) is 0.508. The molecule has 460 valence electrons. The van der Waals surface area contributed by atoms with Gasteiger partial charge in [0.25, 0.3) is 5.91 Å². The van der Waals surface area contributed by atoms with E-state index in [0.29, 0.717) is 24.8 Å². The largest absolute Gasteiger partial charge is 0.507 e. The number of benzene rings is 2. The van der Waals surface area contributed by atoms with Gasteiger partial charge in [-0.1, -0.05) is 56.7 Å². The summed E-state index contributed by atoms with van der Waals surface area (Å²) in [5.41, 5.74) is 1.68. The highest BCUT2D eigenvalue weighted by molar-refractivity contribution is 6.31. The van der Waals surface area contributed by atoms with Gasteiger partial charge in [0.2, 0.25) is 23.3 Å². The molecule has 3 amide bonds. The van der Waals surface area contributed by atoms with E-state index in [9.17, 15) is 69.0 Å². The molecule has 2 heterocycles. The van der Waals surface area contributed by atoms with Crippen molar-refractivity contribution in [2.24, 2.45) is 17.6 Å². The summed E-state index contributed by atoms with van der Waals surface area (Å²) < 4.78 is 34.4. The number of phenols is 2. The number of aliphatic hydroxyl groups is 4. The van der Waals surface area contributed by atoms with Crippen LogP contribution in [-0.2, 0) is 54.1 Å². The van der Waals surface area contributed by atoms with Gasteiger partial charge in [0.15, 0.2) is 24.0 Å². The fourth-order valence-corrected chi connectivity index (χ4v) is 11.7. The molecule has 0 aromatic heterocycles. The number of aromatic hydroxyl groups is 2. The summed E-state index contributed by atoms with van der Waals surface area (Å²) in [7, 11) is 4.13. The molecule has 1 saturated heterocycles. The summed E-state index contributed by atoms with van der Waals surface area (Å²) in [6, 6.07) is 3.28. The van der Waals surface area contributed by atoms with Crippen LogP contribution in [0.3, 0.4) is 0 Å². The van der Waals surface area contributed by atoms with Crippen molar-refractivity contribution in [2.75, 3.05) is 34.5 Å². The molecule has 2 bridgehead atoms. The van der Waals surface area contributed by atoms with Crippen LogP contribution < -0.4 is 26.4 Å². The summed E-state index contributed by atoms with van der Waals surface area (Å²) >= 11 is 0. The molecule has 0 spiro atoms. The van der Waals surface area contributed by atoms with Crippen molar-refractivity contribution < 1.29 is 97.4 Å². The molecular formula is C61H76N4O20. The fourth-order valence-electron chi connectivity index (χ4n) is 11.7. The van der Waals surface area contributed by atoms with Crippen molar-refractivity contribution in [3.05, 3.63) is 110 Å². The third kappa shape index (κ3) is 14.1. The predicted octanol–water partition coefficient (Wildman–Crippen LogP) is 3.08. The van der Waals surface area contributed by atoms with E-state index >= 15 is 0 Å². The lowest BCUT2D eigenvalue weighted by Gasteiger charge is -2.43. The zero-order valence-electron chi connectivity index (χ0n) is 48.7. The molecule has 3 aliphatic carbocycles. The number of aliphatic hydroxyl groups excluding tert-OH is 3. The topological polar surface area (TPSA) is 375 Å². The first kappa shape index (κ1) is 65.1. The van der Waals surface area contributed by atoms with Gasteiger partial charge < -0.3 is 80.7 Å². The van der Waals surface area contributed by atoms with Crippen LogP contribution in [0.1, 0.15) is 135 Å². The van der Waals surface area contributed by atoms with Crippen LogP contribution in [0.25, 0.3) is 0 Å². The molecule has 12 atom stereocenters. The number of ketones is 5. The molecule has 11 N–H and O–H groups in total. The van der Waals surface area contributed by atoms with Crippen molar-refractivity contribution in [3.8, 4) is 17.2 Å². The van der Waals surface area contributed by atoms with E-state index in [-0.39, 0.29) is 88.7 Å². The van der Waals surface area contributed by atoms with E-state index in [2.05, 4.69) is 16.0 Å². The van der Waals surface area contributed by atoms with Gasteiger partial charge in [-0.25, -0.2) is 4.79 Å². The molecule has 2 aromatic rings. The summed E-state index contributed by atoms with van der Waals surface area (Å²) in [5, 5.41) is 76.5. The maximum absolute atomic E-state index is 14.2. The Balaban J connectivity index is 1.01. The molecule has 2 aliphatic heterocycles. The van der Waals surface area contributed by atoms with Crippen LogP contribution in [-0.4, -0.2) is 167 Å². The molecule has 24 nitrogen and oxygen atoms in total. The van der Waals surface area contributed by atoms with Crippen molar-refractivity contribution in [1.29, 1.82) is 0 Å². The van der Waals surface area contributed by atoms with Crippen LogP contribution in [0, 0.1) is 11.8 Å². The van der Waals surface area contributed by atoms with Crippen molar-refractivity contribution in [1.82, 2.24) is 16.0 Å². The lowest BCUT2D eigenvalue weighted by Crippen LogP contribution is -2.55. The van der Waals surface area contributed by atoms with E-state index in [0.717, 1.165) is 6.08 Å². The highest BCUT2D eigenvalue weighted by Crippen LogP contribution is 2.53. The number of phenolic OH excluding ortho intramolecular Hbond substituents is 2. The highest BCUT2D eigenvalue weighted by atomic mass is 16.7. The average Bonchev–Trinajstić information content (AvgIpc) is 0.974. The zero-order valence-corrected chi connectivity index (χ0v) is 48.7. The number of ether oxygens (including phenoxy) is 6. The number of hydrogen-bond acceptors (Lipinski definition) is 21. The van der Waals surface area contributed by atoms with Crippen LogP contribution in [0.5, 0.6) is 17.2 Å². The Kier molecular flexibility index (Phi) is 21.3. The number of unbranched alkanes of at least 4 members (excludes halogenated alkanes) is 2. The first-order valence-corrected chi connectivity index (χ1v) is 28.1. The number of nitrogens with one attached hydrogen (secondary N) is 3. The van der Waals surface area contributed by atoms with Gasteiger partial charge in [0.1, 0.15) is 41.7 Å². The summed E-state index contributed by atoms with van der Waals surface area (Å²) in [5.74, 6) is -7.47. The number of nitrogens with two attached hydrogens (primary N) is 1. The minimum absolute atomic E-state index is 0.0112.